The molecule has 0 bridgehead atoms. The van der Waals surface area contributed by atoms with Gasteiger partial charge in [0.1, 0.15) is 23.5 Å². The molecule has 0 heterocycles. The molecule has 0 spiro atoms. The minimum atomic E-state index is -0.611. The number of oxime groups is 1. The molecule has 0 aromatic heterocycles. The summed E-state index contributed by atoms with van der Waals surface area (Å²) in [7, 11) is 0. The Morgan fingerprint density at radius 1 is 1.10 bits per heavy atom. The van der Waals surface area contributed by atoms with Crippen molar-refractivity contribution in [2.75, 3.05) is 25.1 Å². The number of rotatable bonds is 8. The zero-order chi connectivity index (χ0) is 22.1. The highest BCUT2D eigenvalue weighted by Crippen LogP contribution is 2.30. The topological polar surface area (TPSA) is 69.2 Å². The average molecular weight is 484 g/mol. The van der Waals surface area contributed by atoms with Crippen molar-refractivity contribution >= 4 is 52.3 Å². The predicted octanol–water partition coefficient (Wildman–Crippen LogP) is 6.34. The van der Waals surface area contributed by atoms with Gasteiger partial charge in [0.15, 0.2) is 6.61 Å². The van der Waals surface area contributed by atoms with E-state index in [-0.39, 0.29) is 24.3 Å². The van der Waals surface area contributed by atoms with Crippen LogP contribution in [0.25, 0.3) is 0 Å². The third kappa shape index (κ3) is 7.06. The standard InChI is InChI=1S/C22H21Cl3N2O4/c23-17-7-1-2-8-19(17)26-22(28)30-13-14-31-27-18-9-3-6-16-15(18)5-4-10-20(16)29-12-11-21(24)25/h1-2,4-5,7-8,10-11H,3,6,9,12-14H2,(H,26,28)/b27-18+. The van der Waals surface area contributed by atoms with Gasteiger partial charge in [0.25, 0.3) is 0 Å². The fourth-order valence-corrected chi connectivity index (χ4v) is 3.40. The minimum Gasteiger partial charge on any atom is -0.489 e. The van der Waals surface area contributed by atoms with Gasteiger partial charge in [0.2, 0.25) is 0 Å². The van der Waals surface area contributed by atoms with Crippen molar-refractivity contribution in [1.82, 2.24) is 0 Å². The van der Waals surface area contributed by atoms with Gasteiger partial charge in [-0.05, 0) is 43.5 Å². The monoisotopic (exact) mass is 482 g/mol. The van der Waals surface area contributed by atoms with E-state index >= 15 is 0 Å². The van der Waals surface area contributed by atoms with Crippen LogP contribution in [0.15, 0.2) is 58.2 Å². The van der Waals surface area contributed by atoms with E-state index in [2.05, 4.69) is 10.5 Å². The number of benzene rings is 2. The van der Waals surface area contributed by atoms with Crippen molar-refractivity contribution in [2.24, 2.45) is 5.16 Å². The van der Waals surface area contributed by atoms with Crippen LogP contribution in [0.5, 0.6) is 5.75 Å². The lowest BCUT2D eigenvalue weighted by molar-refractivity contribution is 0.0824. The smallest absolute Gasteiger partial charge is 0.411 e. The number of para-hydroxylation sites is 1. The molecule has 0 radical (unpaired) electrons. The Morgan fingerprint density at radius 3 is 2.74 bits per heavy atom. The molecular weight excluding hydrogens is 463 g/mol. The van der Waals surface area contributed by atoms with E-state index in [1.165, 1.54) is 0 Å². The molecule has 0 aliphatic heterocycles. The molecule has 1 aliphatic carbocycles. The van der Waals surface area contributed by atoms with Crippen LogP contribution in [0.3, 0.4) is 0 Å². The summed E-state index contributed by atoms with van der Waals surface area (Å²) in [5.74, 6) is 0.773. The predicted molar refractivity (Wildman–Crippen MR) is 124 cm³/mol. The number of nitrogens with zero attached hydrogens (tertiary/aromatic N) is 1. The Kier molecular flexibility index (Phi) is 8.88. The third-order valence-electron chi connectivity index (χ3n) is 4.45. The van der Waals surface area contributed by atoms with Gasteiger partial charge in [-0.3, -0.25) is 5.32 Å². The second kappa shape index (κ2) is 11.8. The summed E-state index contributed by atoms with van der Waals surface area (Å²) in [6.07, 6.45) is 3.58. The second-order valence-electron chi connectivity index (χ2n) is 6.55. The zero-order valence-electron chi connectivity index (χ0n) is 16.6. The van der Waals surface area contributed by atoms with E-state index in [1.807, 2.05) is 18.2 Å². The van der Waals surface area contributed by atoms with Gasteiger partial charge in [0.05, 0.1) is 16.4 Å². The average Bonchev–Trinajstić information content (AvgIpc) is 2.75. The summed E-state index contributed by atoms with van der Waals surface area (Å²) in [6, 6.07) is 12.7. The van der Waals surface area contributed by atoms with E-state index in [9.17, 15) is 4.79 Å². The molecule has 0 atom stereocenters. The molecule has 0 saturated carbocycles. The molecule has 0 unspecified atom stereocenters. The van der Waals surface area contributed by atoms with Crippen molar-refractivity contribution in [3.8, 4) is 5.75 Å². The summed E-state index contributed by atoms with van der Waals surface area (Å²) in [5.41, 5.74) is 3.38. The van der Waals surface area contributed by atoms with Crippen LogP contribution in [-0.2, 0) is 16.0 Å². The lowest BCUT2D eigenvalue weighted by Crippen LogP contribution is -2.17. The molecule has 164 valence electrons. The van der Waals surface area contributed by atoms with E-state index in [0.717, 1.165) is 41.9 Å². The normalized spacial score (nSPS) is 13.8. The fourth-order valence-electron chi connectivity index (χ4n) is 3.09. The van der Waals surface area contributed by atoms with Crippen LogP contribution in [0.1, 0.15) is 24.0 Å². The summed E-state index contributed by atoms with van der Waals surface area (Å²) < 4.78 is 11.0. The molecular formula is C22H21Cl3N2O4. The number of fused-ring (bicyclic) bond motifs is 1. The molecule has 0 fully saturated rings. The second-order valence-corrected chi connectivity index (χ2v) is 7.97. The number of halogens is 3. The summed E-state index contributed by atoms with van der Waals surface area (Å²) in [5, 5.41) is 7.25. The molecule has 0 saturated heterocycles. The van der Waals surface area contributed by atoms with Crippen LogP contribution in [0.4, 0.5) is 10.5 Å². The highest BCUT2D eigenvalue weighted by molar-refractivity contribution is 6.55. The van der Waals surface area contributed by atoms with E-state index in [0.29, 0.717) is 10.7 Å². The minimum absolute atomic E-state index is 0.0502. The van der Waals surface area contributed by atoms with Crippen LogP contribution < -0.4 is 10.1 Å². The molecule has 1 N–H and O–H groups in total. The van der Waals surface area contributed by atoms with Gasteiger partial charge in [-0.1, -0.05) is 64.2 Å². The molecule has 1 amide bonds. The molecule has 3 rings (SSSR count). The number of anilines is 1. The van der Waals surface area contributed by atoms with Crippen molar-refractivity contribution in [1.29, 1.82) is 0 Å². The summed E-state index contributed by atoms with van der Waals surface area (Å²) >= 11 is 17.3. The first-order valence-electron chi connectivity index (χ1n) is 9.68. The van der Waals surface area contributed by atoms with Gasteiger partial charge in [0, 0.05) is 11.1 Å². The number of hydrogen-bond donors (Lipinski definition) is 1. The van der Waals surface area contributed by atoms with Crippen molar-refractivity contribution in [3.63, 3.8) is 0 Å². The molecule has 31 heavy (non-hydrogen) atoms. The lowest BCUT2D eigenvalue weighted by atomic mass is 9.89. The van der Waals surface area contributed by atoms with Crippen LogP contribution >= 0.6 is 34.8 Å². The van der Waals surface area contributed by atoms with Crippen LogP contribution in [0.2, 0.25) is 5.02 Å². The van der Waals surface area contributed by atoms with E-state index in [4.69, 9.17) is 49.1 Å². The van der Waals surface area contributed by atoms with Gasteiger partial charge in [-0.15, -0.1) is 0 Å². The first kappa shape index (κ1) is 23.3. The molecule has 2 aromatic rings. The summed E-state index contributed by atoms with van der Waals surface area (Å²) in [4.78, 5) is 17.2. The van der Waals surface area contributed by atoms with Crippen molar-refractivity contribution in [3.05, 3.63) is 69.2 Å². The number of carbonyl (C=O) groups excluding carboxylic acids is 1. The van der Waals surface area contributed by atoms with E-state index in [1.54, 1.807) is 30.3 Å². The Labute approximate surface area is 195 Å². The van der Waals surface area contributed by atoms with Crippen LogP contribution in [0, 0.1) is 0 Å². The van der Waals surface area contributed by atoms with Crippen LogP contribution in [-0.4, -0.2) is 31.6 Å². The molecule has 6 nitrogen and oxygen atoms in total. The number of ether oxygens (including phenoxy) is 2. The molecule has 2 aromatic carbocycles. The van der Waals surface area contributed by atoms with Gasteiger partial charge >= 0.3 is 6.09 Å². The fraction of sp³-hybridized carbons (Fsp3) is 0.273. The first-order chi connectivity index (χ1) is 15.0. The highest BCUT2D eigenvalue weighted by atomic mass is 35.5. The highest BCUT2D eigenvalue weighted by Gasteiger charge is 2.19. The maximum absolute atomic E-state index is 11.8. The quantitative estimate of drug-likeness (QED) is 0.351. The Bertz CT molecular complexity index is 975. The molecule has 9 heteroatoms. The first-order valence-corrected chi connectivity index (χ1v) is 10.8. The Morgan fingerprint density at radius 2 is 1.94 bits per heavy atom. The van der Waals surface area contributed by atoms with Crippen molar-refractivity contribution in [2.45, 2.75) is 19.3 Å². The zero-order valence-corrected chi connectivity index (χ0v) is 18.8. The number of hydrogen-bond acceptors (Lipinski definition) is 5. The largest absolute Gasteiger partial charge is 0.489 e. The number of nitrogens with one attached hydrogen (secondary N) is 1. The van der Waals surface area contributed by atoms with Gasteiger partial charge in [-0.25, -0.2) is 4.79 Å². The number of amides is 1. The number of carbonyl (C=O) groups is 1. The van der Waals surface area contributed by atoms with E-state index < -0.39 is 6.09 Å². The molecule has 1 aliphatic rings. The van der Waals surface area contributed by atoms with Gasteiger partial charge < -0.3 is 14.3 Å². The van der Waals surface area contributed by atoms with Crippen molar-refractivity contribution < 1.29 is 19.1 Å². The Balaban J connectivity index is 1.50. The lowest BCUT2D eigenvalue weighted by Gasteiger charge is -2.20. The maximum Gasteiger partial charge on any atom is 0.411 e. The Hall–Kier alpha value is -2.41. The summed E-state index contributed by atoms with van der Waals surface area (Å²) in [6.45, 7) is 0.466. The third-order valence-corrected chi connectivity index (χ3v) is 5.09. The van der Waals surface area contributed by atoms with Gasteiger partial charge in [-0.2, -0.15) is 0 Å². The SMILES string of the molecule is O=C(Nc1ccccc1Cl)OCCO/N=C1\CCCc2c(OCC=C(Cl)Cl)cccc21. The maximum atomic E-state index is 11.8.